The molecule has 0 aromatic rings. The number of thioether (sulfide) groups is 1. The molecule has 0 radical (unpaired) electrons. The van der Waals surface area contributed by atoms with Crippen LogP contribution in [0.5, 0.6) is 0 Å². The van der Waals surface area contributed by atoms with E-state index >= 15 is 0 Å². The summed E-state index contributed by atoms with van der Waals surface area (Å²) in [5, 5.41) is 0. The topological polar surface area (TPSA) is 78.6 Å². The minimum absolute atomic E-state index is 0.209. The fraction of sp³-hybridized carbons (Fsp3) is 0.778. The molecular weight excluding hydrogens is 218 g/mol. The van der Waals surface area contributed by atoms with Gasteiger partial charge in [-0.05, 0) is 13.8 Å². The van der Waals surface area contributed by atoms with Gasteiger partial charge in [0.25, 0.3) is 0 Å². The zero-order valence-electron chi connectivity index (χ0n) is 9.02. The van der Waals surface area contributed by atoms with Crippen LogP contribution in [-0.4, -0.2) is 42.7 Å². The van der Waals surface area contributed by atoms with Crippen LogP contribution in [0.25, 0.3) is 0 Å². The molecule has 5 nitrogen and oxygen atoms in total. The maximum Gasteiger partial charge on any atom is 0.323 e. The van der Waals surface area contributed by atoms with Crippen molar-refractivity contribution < 1.29 is 19.1 Å². The molecule has 0 fully saturated rings. The molecule has 6 heteroatoms. The Labute approximate surface area is 93.7 Å². The lowest BCUT2D eigenvalue weighted by Crippen LogP contribution is -2.34. The third-order valence-corrected chi connectivity index (χ3v) is 2.45. The lowest BCUT2D eigenvalue weighted by atomic mass is 10.4. The summed E-state index contributed by atoms with van der Waals surface area (Å²) in [5.41, 5.74) is 5.52. The smallest absolute Gasteiger partial charge is 0.323 e. The van der Waals surface area contributed by atoms with Crippen molar-refractivity contribution in [1.29, 1.82) is 0 Å². The van der Waals surface area contributed by atoms with E-state index in [4.69, 9.17) is 15.2 Å². The summed E-state index contributed by atoms with van der Waals surface area (Å²) in [6.07, 6.45) is 0. The van der Waals surface area contributed by atoms with Gasteiger partial charge in [0.05, 0.1) is 19.0 Å². The first kappa shape index (κ1) is 14.2. The molecule has 0 aliphatic carbocycles. The molecule has 0 aromatic heterocycles. The van der Waals surface area contributed by atoms with E-state index in [0.717, 1.165) is 0 Å². The van der Waals surface area contributed by atoms with E-state index in [1.165, 1.54) is 11.8 Å². The Morgan fingerprint density at radius 2 is 1.87 bits per heavy atom. The minimum Gasteiger partial charge on any atom is -0.465 e. The van der Waals surface area contributed by atoms with E-state index in [-0.39, 0.29) is 11.7 Å². The fourth-order valence-corrected chi connectivity index (χ4v) is 1.55. The first-order chi connectivity index (χ1) is 7.11. The van der Waals surface area contributed by atoms with Gasteiger partial charge in [0.1, 0.15) is 6.04 Å². The van der Waals surface area contributed by atoms with Crippen molar-refractivity contribution in [3.8, 4) is 0 Å². The molecule has 0 heterocycles. The molecule has 0 spiro atoms. The highest BCUT2D eigenvalue weighted by Crippen LogP contribution is 2.03. The molecule has 1 atom stereocenters. The van der Waals surface area contributed by atoms with Crippen molar-refractivity contribution in [2.75, 3.05) is 24.7 Å². The summed E-state index contributed by atoms with van der Waals surface area (Å²) in [4.78, 5) is 22.0. The summed E-state index contributed by atoms with van der Waals surface area (Å²) in [6.45, 7) is 4.14. The molecule has 2 N–H and O–H groups in total. The van der Waals surface area contributed by atoms with Crippen LogP contribution in [0.1, 0.15) is 13.8 Å². The van der Waals surface area contributed by atoms with Crippen molar-refractivity contribution >= 4 is 23.7 Å². The largest absolute Gasteiger partial charge is 0.465 e. The number of rotatable bonds is 7. The van der Waals surface area contributed by atoms with Gasteiger partial charge in [-0.1, -0.05) is 0 Å². The van der Waals surface area contributed by atoms with Crippen LogP contribution in [0.15, 0.2) is 0 Å². The molecule has 0 unspecified atom stereocenters. The van der Waals surface area contributed by atoms with Crippen LogP contribution in [0.4, 0.5) is 0 Å². The molecule has 0 amide bonds. The Kier molecular flexibility index (Phi) is 8.12. The zero-order chi connectivity index (χ0) is 11.7. The minimum atomic E-state index is -0.677. The molecule has 0 saturated carbocycles. The Bertz CT molecular complexity index is 210. The fourth-order valence-electron chi connectivity index (χ4n) is 0.789. The van der Waals surface area contributed by atoms with Gasteiger partial charge in [-0.2, -0.15) is 0 Å². The number of esters is 2. The molecule has 88 valence electrons. The molecule has 0 aliphatic rings. The molecule has 0 bridgehead atoms. The van der Waals surface area contributed by atoms with Gasteiger partial charge in [0.15, 0.2) is 0 Å². The van der Waals surface area contributed by atoms with Crippen molar-refractivity contribution in [1.82, 2.24) is 0 Å². The summed E-state index contributed by atoms with van der Waals surface area (Å²) in [5.74, 6) is -0.161. The average Bonchev–Trinajstić information content (AvgIpc) is 2.18. The van der Waals surface area contributed by atoms with E-state index in [0.29, 0.717) is 19.0 Å². The quantitative estimate of drug-likeness (QED) is 0.634. The van der Waals surface area contributed by atoms with Crippen molar-refractivity contribution in [2.45, 2.75) is 19.9 Å². The van der Waals surface area contributed by atoms with Crippen molar-refractivity contribution in [3.05, 3.63) is 0 Å². The van der Waals surface area contributed by atoms with E-state index < -0.39 is 12.0 Å². The maximum absolute atomic E-state index is 11.1. The van der Waals surface area contributed by atoms with Crippen LogP contribution >= 0.6 is 11.8 Å². The van der Waals surface area contributed by atoms with Crippen LogP contribution in [0.3, 0.4) is 0 Å². The lowest BCUT2D eigenvalue weighted by molar-refractivity contribution is -0.144. The number of hydrogen-bond donors (Lipinski definition) is 1. The second kappa shape index (κ2) is 8.55. The highest BCUT2D eigenvalue weighted by molar-refractivity contribution is 8.00. The summed E-state index contributed by atoms with van der Waals surface area (Å²) < 4.78 is 9.43. The monoisotopic (exact) mass is 235 g/mol. The van der Waals surface area contributed by atoms with E-state index in [9.17, 15) is 9.59 Å². The van der Waals surface area contributed by atoms with Gasteiger partial charge < -0.3 is 15.2 Å². The van der Waals surface area contributed by atoms with Gasteiger partial charge in [0.2, 0.25) is 0 Å². The normalized spacial score (nSPS) is 11.9. The van der Waals surface area contributed by atoms with E-state index in [1.807, 2.05) is 0 Å². The highest BCUT2D eigenvalue weighted by Gasteiger charge is 2.15. The number of carbonyl (C=O) groups excluding carboxylic acids is 2. The molecule has 0 rings (SSSR count). The van der Waals surface area contributed by atoms with Gasteiger partial charge >= 0.3 is 11.9 Å². The van der Waals surface area contributed by atoms with Gasteiger partial charge in [0, 0.05) is 5.75 Å². The second-order valence-electron chi connectivity index (χ2n) is 2.68. The predicted octanol–water partition coefficient (Wildman–Crippen LogP) is 0.173. The van der Waals surface area contributed by atoms with E-state index in [1.54, 1.807) is 13.8 Å². The van der Waals surface area contributed by atoms with Crippen LogP contribution in [0, 0.1) is 0 Å². The molecule has 15 heavy (non-hydrogen) atoms. The Morgan fingerprint density at radius 1 is 1.27 bits per heavy atom. The highest BCUT2D eigenvalue weighted by atomic mass is 32.2. The average molecular weight is 235 g/mol. The molecule has 0 aromatic carbocycles. The number of carbonyl (C=O) groups is 2. The van der Waals surface area contributed by atoms with Gasteiger partial charge in [-0.25, -0.2) is 0 Å². The van der Waals surface area contributed by atoms with Crippen molar-refractivity contribution in [3.63, 3.8) is 0 Å². The third kappa shape index (κ3) is 7.21. The number of nitrogens with two attached hydrogens (primary N) is 1. The summed E-state index contributed by atoms with van der Waals surface area (Å²) >= 11 is 1.26. The van der Waals surface area contributed by atoms with Crippen LogP contribution in [-0.2, 0) is 19.1 Å². The summed E-state index contributed by atoms with van der Waals surface area (Å²) in [7, 11) is 0. The molecular formula is C9H17NO4S. The number of hydrogen-bond acceptors (Lipinski definition) is 6. The second-order valence-corrected chi connectivity index (χ2v) is 3.71. The van der Waals surface area contributed by atoms with Gasteiger partial charge in [-0.3, -0.25) is 9.59 Å². The third-order valence-electron chi connectivity index (χ3n) is 1.41. The van der Waals surface area contributed by atoms with E-state index in [2.05, 4.69) is 0 Å². The SMILES string of the molecule is CCOC(=O)CSC[C@@H](N)C(=O)OCC. The Hall–Kier alpha value is -0.750. The molecule has 0 aliphatic heterocycles. The Morgan fingerprint density at radius 3 is 2.40 bits per heavy atom. The maximum atomic E-state index is 11.1. The first-order valence-corrected chi connectivity index (χ1v) is 5.92. The van der Waals surface area contributed by atoms with Crippen LogP contribution < -0.4 is 5.73 Å². The predicted molar refractivity (Wildman–Crippen MR) is 58.6 cm³/mol. The van der Waals surface area contributed by atoms with Crippen molar-refractivity contribution in [2.24, 2.45) is 5.73 Å². The van der Waals surface area contributed by atoms with Crippen LogP contribution in [0.2, 0.25) is 0 Å². The standard InChI is InChI=1S/C9H17NO4S/c1-3-13-8(11)6-15-5-7(10)9(12)14-4-2/h7H,3-6,10H2,1-2H3/t7-/m1/s1. The molecule has 0 saturated heterocycles. The van der Waals surface area contributed by atoms with Gasteiger partial charge in [-0.15, -0.1) is 11.8 Å². The number of ether oxygens (including phenoxy) is 2. The Balaban J connectivity index is 3.58. The zero-order valence-corrected chi connectivity index (χ0v) is 9.84. The first-order valence-electron chi connectivity index (χ1n) is 4.77. The summed E-state index contributed by atoms with van der Waals surface area (Å²) in [6, 6.07) is -0.677. The lowest BCUT2D eigenvalue weighted by Gasteiger charge is -2.09.